The van der Waals surface area contributed by atoms with Gasteiger partial charge in [-0.1, -0.05) is 36.4 Å². The van der Waals surface area contributed by atoms with E-state index in [-0.39, 0.29) is 23.9 Å². The van der Waals surface area contributed by atoms with Crippen molar-refractivity contribution >= 4 is 17.4 Å². The zero-order valence-electron chi connectivity index (χ0n) is 11.6. The summed E-state index contributed by atoms with van der Waals surface area (Å²) in [5.41, 5.74) is 1.22. The van der Waals surface area contributed by atoms with Gasteiger partial charge in [-0.15, -0.1) is 0 Å². The Morgan fingerprint density at radius 3 is 2.43 bits per heavy atom. The maximum Gasteiger partial charge on any atom is 0.224 e. The average molecular weight is 283 g/mol. The molecule has 0 aliphatic rings. The van der Waals surface area contributed by atoms with E-state index in [1.165, 1.54) is 12.1 Å². The van der Waals surface area contributed by atoms with Crippen molar-refractivity contribution in [1.29, 1.82) is 0 Å². The lowest BCUT2D eigenvalue weighted by Gasteiger charge is -2.05. The van der Waals surface area contributed by atoms with E-state index in [4.69, 9.17) is 0 Å². The number of hydrogen-bond acceptors (Lipinski definition) is 3. The standard InChI is InChI=1S/C17H17NO3/c19-15-9-4-8-14(12-15)18-17(21)11-5-10-16(20)13-6-2-1-3-7-13/h1-4,6-9,12,19H,5,10-11H2,(H,18,21). The molecule has 0 heterocycles. The van der Waals surface area contributed by atoms with Crippen molar-refractivity contribution in [1.82, 2.24) is 0 Å². The van der Waals surface area contributed by atoms with Gasteiger partial charge in [0.05, 0.1) is 0 Å². The molecule has 0 fully saturated rings. The van der Waals surface area contributed by atoms with Crippen molar-refractivity contribution in [2.45, 2.75) is 19.3 Å². The predicted octanol–water partition coefficient (Wildman–Crippen LogP) is 3.38. The number of amides is 1. The fourth-order valence-electron chi connectivity index (χ4n) is 1.99. The molecule has 0 bridgehead atoms. The first kappa shape index (κ1) is 14.8. The first-order valence-electron chi connectivity index (χ1n) is 6.82. The smallest absolute Gasteiger partial charge is 0.224 e. The zero-order chi connectivity index (χ0) is 15.1. The second-order valence-electron chi connectivity index (χ2n) is 4.74. The molecule has 4 nitrogen and oxygen atoms in total. The van der Waals surface area contributed by atoms with E-state index in [1.54, 1.807) is 24.3 Å². The zero-order valence-corrected chi connectivity index (χ0v) is 11.6. The van der Waals surface area contributed by atoms with Gasteiger partial charge in [-0.2, -0.15) is 0 Å². The molecule has 108 valence electrons. The van der Waals surface area contributed by atoms with Gasteiger partial charge in [-0.3, -0.25) is 9.59 Å². The lowest BCUT2D eigenvalue weighted by molar-refractivity contribution is -0.116. The molecule has 0 saturated carbocycles. The van der Waals surface area contributed by atoms with Crippen LogP contribution in [0.15, 0.2) is 54.6 Å². The normalized spacial score (nSPS) is 10.1. The van der Waals surface area contributed by atoms with Crippen LogP contribution < -0.4 is 5.32 Å². The van der Waals surface area contributed by atoms with Gasteiger partial charge in [0, 0.05) is 30.2 Å². The molecule has 0 unspecified atom stereocenters. The van der Waals surface area contributed by atoms with E-state index >= 15 is 0 Å². The molecule has 0 aliphatic heterocycles. The number of carbonyl (C=O) groups excluding carboxylic acids is 2. The molecule has 0 spiro atoms. The van der Waals surface area contributed by atoms with E-state index in [0.29, 0.717) is 24.1 Å². The van der Waals surface area contributed by atoms with Crippen LogP contribution in [0.25, 0.3) is 0 Å². The van der Waals surface area contributed by atoms with E-state index < -0.39 is 0 Å². The van der Waals surface area contributed by atoms with Crippen molar-refractivity contribution < 1.29 is 14.7 Å². The number of aromatic hydroxyl groups is 1. The van der Waals surface area contributed by atoms with Crippen molar-refractivity contribution in [3.63, 3.8) is 0 Å². The molecule has 1 amide bonds. The fraction of sp³-hybridized carbons (Fsp3) is 0.176. The van der Waals surface area contributed by atoms with Crippen molar-refractivity contribution in [3.05, 3.63) is 60.2 Å². The molecule has 2 rings (SSSR count). The molecule has 0 aliphatic carbocycles. The summed E-state index contributed by atoms with van der Waals surface area (Å²) < 4.78 is 0. The van der Waals surface area contributed by atoms with Gasteiger partial charge in [0.1, 0.15) is 5.75 Å². The highest BCUT2D eigenvalue weighted by atomic mass is 16.3. The molecule has 0 radical (unpaired) electrons. The van der Waals surface area contributed by atoms with Gasteiger partial charge in [-0.25, -0.2) is 0 Å². The number of Topliss-reactive ketones (excluding diaryl/α,β-unsaturated/α-hetero) is 1. The molecular weight excluding hydrogens is 266 g/mol. The first-order valence-corrected chi connectivity index (χ1v) is 6.82. The molecule has 4 heteroatoms. The van der Waals surface area contributed by atoms with Crippen molar-refractivity contribution in [3.8, 4) is 5.75 Å². The molecule has 0 aromatic heterocycles. The van der Waals surface area contributed by atoms with Crippen LogP contribution in [0, 0.1) is 0 Å². The number of hydrogen-bond donors (Lipinski definition) is 2. The Morgan fingerprint density at radius 2 is 1.71 bits per heavy atom. The number of benzene rings is 2. The van der Waals surface area contributed by atoms with Crippen LogP contribution in [0.2, 0.25) is 0 Å². The molecule has 0 saturated heterocycles. The monoisotopic (exact) mass is 283 g/mol. The quantitative estimate of drug-likeness (QED) is 0.799. The summed E-state index contributed by atoms with van der Waals surface area (Å²) in [4.78, 5) is 23.6. The Labute approximate surface area is 123 Å². The number of phenolic OH excluding ortho intramolecular Hbond substituents is 1. The highest BCUT2D eigenvalue weighted by molar-refractivity contribution is 5.96. The van der Waals surface area contributed by atoms with Crippen LogP contribution in [0.3, 0.4) is 0 Å². The Morgan fingerprint density at radius 1 is 0.952 bits per heavy atom. The molecule has 2 aromatic carbocycles. The summed E-state index contributed by atoms with van der Waals surface area (Å²) >= 11 is 0. The fourth-order valence-corrected chi connectivity index (χ4v) is 1.99. The number of ketones is 1. The van der Waals surface area contributed by atoms with E-state index in [2.05, 4.69) is 5.32 Å². The highest BCUT2D eigenvalue weighted by Crippen LogP contribution is 2.16. The van der Waals surface area contributed by atoms with Gasteiger partial charge >= 0.3 is 0 Å². The van der Waals surface area contributed by atoms with Crippen LogP contribution in [-0.4, -0.2) is 16.8 Å². The summed E-state index contributed by atoms with van der Waals surface area (Å²) in [5, 5.41) is 12.0. The molecule has 21 heavy (non-hydrogen) atoms. The van der Waals surface area contributed by atoms with Crippen LogP contribution in [0.1, 0.15) is 29.6 Å². The second kappa shape index (κ2) is 7.24. The maximum absolute atomic E-state index is 11.9. The minimum absolute atomic E-state index is 0.0424. The lowest BCUT2D eigenvalue weighted by Crippen LogP contribution is -2.11. The van der Waals surface area contributed by atoms with Crippen molar-refractivity contribution in [2.75, 3.05) is 5.32 Å². The van der Waals surface area contributed by atoms with E-state index in [1.807, 2.05) is 18.2 Å². The third kappa shape index (κ3) is 4.76. The third-order valence-electron chi connectivity index (χ3n) is 3.03. The second-order valence-corrected chi connectivity index (χ2v) is 4.74. The molecule has 0 atom stereocenters. The number of rotatable bonds is 6. The Hall–Kier alpha value is -2.62. The summed E-state index contributed by atoms with van der Waals surface area (Å²) in [6.45, 7) is 0. The van der Waals surface area contributed by atoms with Crippen LogP contribution in [-0.2, 0) is 4.79 Å². The van der Waals surface area contributed by atoms with Gasteiger partial charge in [0.15, 0.2) is 5.78 Å². The summed E-state index contributed by atoms with van der Waals surface area (Å²) in [6.07, 6.45) is 1.12. The number of phenols is 1. The van der Waals surface area contributed by atoms with Crippen LogP contribution in [0.4, 0.5) is 5.69 Å². The summed E-state index contributed by atoms with van der Waals surface area (Å²) in [5.74, 6) is -0.0192. The number of nitrogens with one attached hydrogen (secondary N) is 1. The van der Waals surface area contributed by atoms with E-state index in [9.17, 15) is 14.7 Å². The summed E-state index contributed by atoms with van der Waals surface area (Å²) in [6, 6.07) is 15.4. The minimum Gasteiger partial charge on any atom is -0.508 e. The van der Waals surface area contributed by atoms with Gasteiger partial charge in [0.25, 0.3) is 0 Å². The topological polar surface area (TPSA) is 66.4 Å². The van der Waals surface area contributed by atoms with E-state index in [0.717, 1.165) is 0 Å². The van der Waals surface area contributed by atoms with Crippen LogP contribution >= 0.6 is 0 Å². The van der Waals surface area contributed by atoms with Gasteiger partial charge < -0.3 is 10.4 Å². The Balaban J connectivity index is 1.76. The average Bonchev–Trinajstić information content (AvgIpc) is 2.48. The highest BCUT2D eigenvalue weighted by Gasteiger charge is 2.07. The maximum atomic E-state index is 11.9. The summed E-state index contributed by atoms with van der Waals surface area (Å²) in [7, 11) is 0. The van der Waals surface area contributed by atoms with Gasteiger partial charge in [-0.05, 0) is 18.6 Å². The Kier molecular flexibility index (Phi) is 5.10. The van der Waals surface area contributed by atoms with Crippen LogP contribution in [0.5, 0.6) is 5.75 Å². The predicted molar refractivity (Wildman–Crippen MR) is 81.4 cm³/mol. The van der Waals surface area contributed by atoms with Gasteiger partial charge in [0.2, 0.25) is 5.91 Å². The number of carbonyl (C=O) groups is 2. The third-order valence-corrected chi connectivity index (χ3v) is 3.03. The minimum atomic E-state index is -0.165. The lowest BCUT2D eigenvalue weighted by atomic mass is 10.1. The SMILES string of the molecule is O=C(CCCC(=O)c1ccccc1)Nc1cccc(O)c1. The van der Waals surface area contributed by atoms with Crippen molar-refractivity contribution in [2.24, 2.45) is 0 Å². The first-order chi connectivity index (χ1) is 10.1. The largest absolute Gasteiger partial charge is 0.508 e. The number of anilines is 1. The molecular formula is C17H17NO3. The Bertz CT molecular complexity index is 623. The molecule has 2 aromatic rings. The molecule has 2 N–H and O–H groups in total.